The number of aliphatic imine (C=N–C) groups is 6. The molecule has 15 rings (SSSR count). The summed E-state index contributed by atoms with van der Waals surface area (Å²) < 4.78 is 25.4. The molecule has 0 heterocycles. The molecule has 0 aliphatic rings. The van der Waals surface area contributed by atoms with Crippen LogP contribution < -0.4 is 43.4 Å². The maximum atomic E-state index is 12.7. The van der Waals surface area contributed by atoms with Crippen LogP contribution in [0.2, 0.25) is 10.0 Å². The second-order valence-corrected chi connectivity index (χ2v) is 27.9. The Balaban J connectivity index is 0.000000180. The molecule has 0 bridgehead atoms. The van der Waals surface area contributed by atoms with E-state index >= 15 is 0 Å². The Labute approximate surface area is 736 Å². The molecule has 0 saturated heterocycles. The molecular formula is C104H100Cl2F2N16. The van der Waals surface area contributed by atoms with Crippen molar-refractivity contribution in [2.24, 2.45) is 41.4 Å². The first kappa shape index (κ1) is 94.0. The smallest absolute Gasteiger partial charge is 0.138 e. The molecule has 0 fully saturated rings. The van der Waals surface area contributed by atoms with Crippen molar-refractivity contribution in [3.05, 3.63) is 468 Å². The zero-order valence-corrected chi connectivity index (χ0v) is 71.3. The van der Waals surface area contributed by atoms with Crippen LogP contribution in [0, 0.1) is 36.3 Å². The van der Waals surface area contributed by atoms with Gasteiger partial charge in [0.1, 0.15) is 46.6 Å². The minimum Gasteiger partial charge on any atom is -0.388 e. The fraction of sp³-hybridized carbons (Fsp3) is 0.0577. The van der Waals surface area contributed by atoms with Crippen LogP contribution in [0.5, 0.6) is 0 Å². The standard InChI is InChI=1S/C21H20N2.C19H16N2.C14H12Cl2N2.C14H12F2N2.C14H14N2.C13H12N2.C7H8N2.C2H6N2/c1-16-8-12-19(13-9-16)22-21(18-6-4-3-5-7-18)23-20-14-10-17(2)11-15-20;1-4-10-16(11-5-1)19(20-17-12-6-2-7-13-17)21-18-14-8-3-9-15-18;2*1-10(17-13-6-2-11(15)3-7-13)18-14-8-4-12(16)5-9-14;1-12(15-13-8-4-2-5-9-13)16-14-10-6-3-7-11-14;1-3-7-12(8-4-1)14-11-15-13-9-5-2-6-10-13;8-7(9)6-4-2-1-3-5-6;1-2(3)4/h3-15H,1-2H3,(H,22,23);1-15H,(H,20,21);2*2-9H,1H3,(H,17,18);2-11H,1H3,(H,15,16);1-11H,(H,14,15);1-5H,(H3,8,9);1H3,(H3,3,4). The van der Waals surface area contributed by atoms with Gasteiger partial charge in [0.05, 0.1) is 46.3 Å². The first-order valence-electron chi connectivity index (χ1n) is 39.5. The largest absolute Gasteiger partial charge is 0.388 e. The van der Waals surface area contributed by atoms with E-state index in [1.807, 2.05) is 323 Å². The van der Waals surface area contributed by atoms with Gasteiger partial charge in [-0.1, -0.05) is 259 Å². The maximum absolute atomic E-state index is 12.7. The zero-order chi connectivity index (χ0) is 88.1. The number of nitrogens with two attached hydrogens (primary N) is 2. The second kappa shape index (κ2) is 53.8. The van der Waals surface area contributed by atoms with Crippen LogP contribution in [0.25, 0.3) is 0 Å². The van der Waals surface area contributed by atoms with E-state index in [2.05, 4.69) is 126 Å². The van der Waals surface area contributed by atoms with Crippen molar-refractivity contribution >= 4 is 139 Å². The van der Waals surface area contributed by atoms with Crippen LogP contribution >= 0.6 is 23.2 Å². The molecule has 0 aromatic heterocycles. The number of nitrogen functional groups attached to an aromatic ring is 1. The summed E-state index contributed by atoms with van der Waals surface area (Å²) >= 11 is 11.6. The molecule has 12 N–H and O–H groups in total. The quantitative estimate of drug-likeness (QED) is 0.0328. The highest BCUT2D eigenvalue weighted by Gasteiger charge is 2.08. The van der Waals surface area contributed by atoms with Crippen molar-refractivity contribution in [2.75, 3.05) is 31.9 Å². The van der Waals surface area contributed by atoms with E-state index in [4.69, 9.17) is 55.5 Å². The monoisotopic (exact) mass is 1680 g/mol. The van der Waals surface area contributed by atoms with Gasteiger partial charge in [-0.15, -0.1) is 0 Å². The minimum absolute atomic E-state index is 0.121. The van der Waals surface area contributed by atoms with E-state index in [9.17, 15) is 8.78 Å². The summed E-state index contributed by atoms with van der Waals surface area (Å²) in [6.45, 7) is 11.3. The number of hydrogen-bond donors (Lipinski definition) is 10. The molecule has 0 aliphatic carbocycles. The molecule has 0 saturated carbocycles. The summed E-state index contributed by atoms with van der Waals surface area (Å²) in [6, 6.07) is 133. The Hall–Kier alpha value is -15.5. The molecule has 0 atom stereocenters. The van der Waals surface area contributed by atoms with Crippen LogP contribution in [-0.4, -0.2) is 47.2 Å². The van der Waals surface area contributed by atoms with Crippen molar-refractivity contribution < 1.29 is 8.78 Å². The highest BCUT2D eigenvalue weighted by Crippen LogP contribution is 2.23. The van der Waals surface area contributed by atoms with E-state index in [1.165, 1.54) is 42.3 Å². The third kappa shape index (κ3) is 38.9. The van der Waals surface area contributed by atoms with E-state index < -0.39 is 0 Å². The molecular weight excluding hydrogens is 1580 g/mol. The Morgan fingerprint density at radius 1 is 0.274 bits per heavy atom. The molecule has 624 valence electrons. The van der Waals surface area contributed by atoms with Crippen LogP contribution in [0.1, 0.15) is 55.5 Å². The minimum atomic E-state index is -0.293. The summed E-state index contributed by atoms with van der Waals surface area (Å²) in [5.41, 5.74) is 26.4. The second-order valence-electron chi connectivity index (χ2n) is 27.0. The number of anilines is 6. The van der Waals surface area contributed by atoms with Crippen LogP contribution in [0.4, 0.5) is 77.0 Å². The third-order valence-electron chi connectivity index (χ3n) is 16.5. The molecule has 0 aliphatic heterocycles. The van der Waals surface area contributed by atoms with Crippen molar-refractivity contribution in [1.29, 1.82) is 10.8 Å². The van der Waals surface area contributed by atoms with Gasteiger partial charge in [0, 0.05) is 60.9 Å². The van der Waals surface area contributed by atoms with Crippen molar-refractivity contribution in [3.8, 4) is 0 Å². The van der Waals surface area contributed by atoms with E-state index in [1.54, 1.807) is 37.5 Å². The van der Waals surface area contributed by atoms with E-state index in [0.29, 0.717) is 21.6 Å². The summed E-state index contributed by atoms with van der Waals surface area (Å²) in [5, 5.41) is 34.1. The number of rotatable bonds is 16. The Morgan fingerprint density at radius 3 is 0.871 bits per heavy atom. The lowest BCUT2D eigenvalue weighted by atomic mass is 10.1. The van der Waals surface area contributed by atoms with Crippen LogP contribution in [-0.2, 0) is 0 Å². The first-order valence-corrected chi connectivity index (χ1v) is 40.2. The lowest BCUT2D eigenvalue weighted by Gasteiger charge is -2.11. The number of aryl methyl sites for hydroxylation is 2. The molecule has 0 spiro atoms. The van der Waals surface area contributed by atoms with E-state index in [-0.39, 0.29) is 23.3 Å². The number of amidine groups is 7. The first-order chi connectivity index (χ1) is 60.2. The van der Waals surface area contributed by atoms with Gasteiger partial charge < -0.3 is 43.4 Å². The summed E-state index contributed by atoms with van der Waals surface area (Å²) in [5.74, 6) is 3.74. The summed E-state index contributed by atoms with van der Waals surface area (Å²) in [7, 11) is 0. The maximum Gasteiger partial charge on any atom is 0.138 e. The van der Waals surface area contributed by atoms with Gasteiger partial charge in [-0.2, -0.15) is 0 Å². The Kier molecular flexibility index (Phi) is 40.8. The number of benzene rings is 15. The fourth-order valence-corrected chi connectivity index (χ4v) is 10.8. The molecule has 15 aromatic rings. The Morgan fingerprint density at radius 2 is 0.508 bits per heavy atom. The third-order valence-corrected chi connectivity index (χ3v) is 17.0. The average Bonchev–Trinajstić information content (AvgIpc) is 0.853. The van der Waals surface area contributed by atoms with Gasteiger partial charge in [-0.3, -0.25) is 10.8 Å². The van der Waals surface area contributed by atoms with Crippen molar-refractivity contribution in [3.63, 3.8) is 0 Å². The molecule has 0 amide bonds. The summed E-state index contributed by atoms with van der Waals surface area (Å²) in [4.78, 5) is 26.9. The molecule has 0 radical (unpaired) electrons. The van der Waals surface area contributed by atoms with Crippen LogP contribution in [0.15, 0.2) is 449 Å². The Bertz CT molecular complexity index is 5650. The molecule has 124 heavy (non-hydrogen) atoms. The molecule has 0 unspecified atom stereocenters. The number of nitrogens with one attached hydrogen (secondary N) is 8. The van der Waals surface area contributed by atoms with Crippen molar-refractivity contribution in [1.82, 2.24) is 0 Å². The zero-order valence-electron chi connectivity index (χ0n) is 69.8. The number of hydrogen-bond acceptors (Lipinski definition) is 8. The van der Waals surface area contributed by atoms with Gasteiger partial charge in [0.15, 0.2) is 0 Å². The van der Waals surface area contributed by atoms with E-state index in [0.717, 1.165) is 103 Å². The SMILES string of the molecule is C(=Nc1ccccc1)Nc1ccccc1.CC(=N)N.CC(=Nc1ccc(Cl)cc1)Nc1ccc(Cl)cc1.CC(=Nc1ccc(F)cc1)Nc1ccc(F)cc1.CC(=Nc1ccccc1)Nc1ccccc1.Cc1ccc(N=C(Nc2ccc(C)cc2)c2ccccc2)cc1.N=C(N)c1ccccc1.c1ccc(N=C(Nc2ccccc2)c2ccccc2)cc1. The lowest BCUT2D eigenvalue weighted by Crippen LogP contribution is -2.13. The number of nitrogens with zero attached hydrogens (tertiary/aromatic N) is 6. The van der Waals surface area contributed by atoms with Gasteiger partial charge in [0.2, 0.25) is 0 Å². The number of halogens is 4. The van der Waals surface area contributed by atoms with Crippen LogP contribution in [0.3, 0.4) is 0 Å². The van der Waals surface area contributed by atoms with Gasteiger partial charge >= 0.3 is 0 Å². The number of para-hydroxylation sites is 6. The highest BCUT2D eigenvalue weighted by atomic mass is 35.5. The molecule has 20 heteroatoms. The predicted octanol–water partition coefficient (Wildman–Crippen LogP) is 27.9. The normalized spacial score (nSPS) is 10.8. The fourth-order valence-electron chi connectivity index (χ4n) is 10.6. The van der Waals surface area contributed by atoms with Gasteiger partial charge in [0.25, 0.3) is 0 Å². The average molecular weight is 1680 g/mol. The highest BCUT2D eigenvalue weighted by molar-refractivity contribution is 6.31. The lowest BCUT2D eigenvalue weighted by molar-refractivity contribution is 0.627. The van der Waals surface area contributed by atoms with Crippen molar-refractivity contribution in [2.45, 2.75) is 41.5 Å². The summed E-state index contributed by atoms with van der Waals surface area (Å²) in [6.07, 6.45) is 1.70. The molecule has 15 aromatic carbocycles. The topological polar surface area (TPSA) is 246 Å². The van der Waals surface area contributed by atoms with Gasteiger partial charge in [-0.05, 0) is 236 Å². The molecule has 16 nitrogen and oxygen atoms in total. The van der Waals surface area contributed by atoms with Gasteiger partial charge in [-0.25, -0.2) is 38.7 Å². The predicted molar refractivity (Wildman–Crippen MR) is 525 cm³/mol.